The van der Waals surface area contributed by atoms with Gasteiger partial charge in [-0.1, -0.05) is 6.07 Å². The van der Waals surface area contributed by atoms with Crippen molar-refractivity contribution in [1.29, 1.82) is 0 Å². The molecule has 2 aromatic rings. The molecule has 25 heavy (non-hydrogen) atoms. The fourth-order valence-corrected chi connectivity index (χ4v) is 2.82. The number of nitro groups is 1. The van der Waals surface area contributed by atoms with Crippen molar-refractivity contribution in [2.75, 3.05) is 36.8 Å². The van der Waals surface area contributed by atoms with Gasteiger partial charge in [0.05, 0.1) is 23.2 Å². The molecule has 3 rings (SSSR count). The number of nitro benzene ring substituents is 1. The lowest BCUT2D eigenvalue weighted by molar-refractivity contribution is -0.384. The molecule has 8 nitrogen and oxygen atoms in total. The van der Waals surface area contributed by atoms with Gasteiger partial charge >= 0.3 is 0 Å². The van der Waals surface area contributed by atoms with E-state index in [2.05, 4.69) is 9.88 Å². The van der Waals surface area contributed by atoms with Crippen LogP contribution >= 0.6 is 0 Å². The van der Waals surface area contributed by atoms with Gasteiger partial charge in [-0.05, 0) is 18.2 Å². The summed E-state index contributed by atoms with van der Waals surface area (Å²) in [5, 5.41) is 10.9. The molecule has 0 bridgehead atoms. The SMILES string of the molecule is Nc1ccc(CC(=O)N2CCN(c3cccc([N+](=O)[O-])c3)CC2)nc1. The number of anilines is 2. The molecule has 1 saturated heterocycles. The summed E-state index contributed by atoms with van der Waals surface area (Å²) in [5.41, 5.74) is 7.74. The average molecular weight is 341 g/mol. The lowest BCUT2D eigenvalue weighted by atomic mass is 10.2. The maximum absolute atomic E-state index is 12.4. The largest absolute Gasteiger partial charge is 0.397 e. The third-order valence-electron chi connectivity index (χ3n) is 4.22. The van der Waals surface area contributed by atoms with Crippen molar-refractivity contribution in [2.45, 2.75) is 6.42 Å². The van der Waals surface area contributed by atoms with Crippen LogP contribution in [0.25, 0.3) is 0 Å². The Labute approximate surface area is 145 Å². The number of amides is 1. The number of nitrogens with zero attached hydrogens (tertiary/aromatic N) is 4. The Morgan fingerprint density at radius 2 is 1.96 bits per heavy atom. The number of nitrogen functional groups attached to an aromatic ring is 1. The topological polar surface area (TPSA) is 106 Å². The van der Waals surface area contributed by atoms with Gasteiger partial charge in [-0.15, -0.1) is 0 Å². The Bertz CT molecular complexity index is 770. The monoisotopic (exact) mass is 341 g/mol. The number of nitrogens with two attached hydrogens (primary N) is 1. The highest BCUT2D eigenvalue weighted by atomic mass is 16.6. The van der Waals surface area contributed by atoms with Crippen LogP contribution in [0.2, 0.25) is 0 Å². The Morgan fingerprint density at radius 3 is 2.60 bits per heavy atom. The van der Waals surface area contributed by atoms with Crippen molar-refractivity contribution in [2.24, 2.45) is 0 Å². The summed E-state index contributed by atoms with van der Waals surface area (Å²) in [6.07, 6.45) is 1.79. The van der Waals surface area contributed by atoms with Gasteiger partial charge in [-0.25, -0.2) is 0 Å². The number of pyridine rings is 1. The quantitative estimate of drug-likeness (QED) is 0.667. The molecule has 0 radical (unpaired) electrons. The number of hydrogen-bond acceptors (Lipinski definition) is 6. The molecule has 0 unspecified atom stereocenters. The molecule has 2 heterocycles. The molecule has 0 aliphatic carbocycles. The van der Waals surface area contributed by atoms with E-state index in [0.717, 1.165) is 5.69 Å². The van der Waals surface area contributed by atoms with Crippen molar-refractivity contribution in [3.8, 4) is 0 Å². The minimum Gasteiger partial charge on any atom is -0.397 e. The van der Waals surface area contributed by atoms with E-state index in [0.29, 0.717) is 37.6 Å². The van der Waals surface area contributed by atoms with Gasteiger partial charge in [-0.2, -0.15) is 0 Å². The number of benzene rings is 1. The van der Waals surface area contributed by atoms with Gasteiger partial charge in [0.1, 0.15) is 0 Å². The van der Waals surface area contributed by atoms with E-state index in [4.69, 9.17) is 5.73 Å². The first-order valence-electron chi connectivity index (χ1n) is 8.00. The molecule has 1 aliphatic rings. The second-order valence-corrected chi connectivity index (χ2v) is 5.90. The Morgan fingerprint density at radius 1 is 1.20 bits per heavy atom. The molecular formula is C17H19N5O3. The third-order valence-corrected chi connectivity index (χ3v) is 4.22. The smallest absolute Gasteiger partial charge is 0.271 e. The van der Waals surface area contributed by atoms with Crippen LogP contribution in [0.1, 0.15) is 5.69 Å². The molecule has 1 aromatic heterocycles. The first kappa shape index (κ1) is 16.7. The number of rotatable bonds is 4. The fraction of sp³-hybridized carbons (Fsp3) is 0.294. The predicted molar refractivity (Wildman–Crippen MR) is 94.2 cm³/mol. The third kappa shape index (κ3) is 4.03. The van der Waals surface area contributed by atoms with Gasteiger partial charge in [0.2, 0.25) is 5.91 Å². The molecule has 1 fully saturated rings. The summed E-state index contributed by atoms with van der Waals surface area (Å²) in [5.74, 6) is 0.0240. The normalized spacial score (nSPS) is 14.4. The van der Waals surface area contributed by atoms with Gasteiger partial charge in [-0.3, -0.25) is 19.9 Å². The first-order chi connectivity index (χ1) is 12.0. The zero-order valence-corrected chi connectivity index (χ0v) is 13.7. The van der Waals surface area contributed by atoms with Crippen LogP contribution in [-0.2, 0) is 11.2 Å². The molecule has 0 saturated carbocycles. The van der Waals surface area contributed by atoms with Crippen LogP contribution in [0.15, 0.2) is 42.6 Å². The van der Waals surface area contributed by atoms with E-state index in [1.807, 2.05) is 6.07 Å². The highest BCUT2D eigenvalue weighted by Crippen LogP contribution is 2.22. The summed E-state index contributed by atoms with van der Waals surface area (Å²) in [6, 6.07) is 10.1. The average Bonchev–Trinajstić information content (AvgIpc) is 2.64. The Hall–Kier alpha value is -3.16. The minimum atomic E-state index is -0.400. The molecular weight excluding hydrogens is 322 g/mol. The van der Waals surface area contributed by atoms with Gasteiger partial charge in [0, 0.05) is 49.7 Å². The highest BCUT2D eigenvalue weighted by molar-refractivity contribution is 5.78. The number of carbonyl (C=O) groups is 1. The van der Waals surface area contributed by atoms with Gasteiger partial charge < -0.3 is 15.5 Å². The van der Waals surface area contributed by atoms with E-state index >= 15 is 0 Å². The number of aromatic nitrogens is 1. The number of hydrogen-bond donors (Lipinski definition) is 1. The molecule has 1 aromatic carbocycles. The van der Waals surface area contributed by atoms with Crippen LogP contribution in [0.3, 0.4) is 0 Å². The number of non-ortho nitro benzene ring substituents is 1. The summed E-state index contributed by atoms with van der Waals surface area (Å²) in [7, 11) is 0. The van der Waals surface area contributed by atoms with E-state index in [1.165, 1.54) is 6.07 Å². The second-order valence-electron chi connectivity index (χ2n) is 5.90. The van der Waals surface area contributed by atoms with E-state index in [1.54, 1.807) is 35.4 Å². The lowest BCUT2D eigenvalue weighted by Gasteiger charge is -2.36. The van der Waals surface area contributed by atoms with E-state index in [9.17, 15) is 14.9 Å². The molecule has 2 N–H and O–H groups in total. The standard InChI is InChI=1S/C17H19N5O3/c18-13-4-5-14(19-12-13)10-17(23)21-8-6-20(7-9-21)15-2-1-3-16(11-15)22(24)25/h1-5,11-12H,6-10,18H2. The van der Waals surface area contributed by atoms with Crippen molar-refractivity contribution < 1.29 is 9.72 Å². The van der Waals surface area contributed by atoms with Crippen LogP contribution in [0.5, 0.6) is 0 Å². The molecule has 8 heteroatoms. The lowest BCUT2D eigenvalue weighted by Crippen LogP contribution is -2.49. The van der Waals surface area contributed by atoms with Crippen molar-refractivity contribution in [3.05, 3.63) is 58.4 Å². The maximum atomic E-state index is 12.4. The maximum Gasteiger partial charge on any atom is 0.271 e. The molecule has 1 amide bonds. The van der Waals surface area contributed by atoms with Crippen LogP contribution < -0.4 is 10.6 Å². The van der Waals surface area contributed by atoms with Crippen LogP contribution in [0, 0.1) is 10.1 Å². The summed E-state index contributed by atoms with van der Waals surface area (Å²) in [6.45, 7) is 2.44. The summed E-state index contributed by atoms with van der Waals surface area (Å²) in [4.78, 5) is 30.9. The van der Waals surface area contributed by atoms with E-state index < -0.39 is 4.92 Å². The Kier molecular flexibility index (Phi) is 4.78. The van der Waals surface area contributed by atoms with Crippen LogP contribution in [-0.4, -0.2) is 46.9 Å². The van der Waals surface area contributed by atoms with Crippen LogP contribution in [0.4, 0.5) is 17.1 Å². The first-order valence-corrected chi connectivity index (χ1v) is 8.00. The van der Waals surface area contributed by atoms with Crippen molar-refractivity contribution in [1.82, 2.24) is 9.88 Å². The van der Waals surface area contributed by atoms with Crippen molar-refractivity contribution >= 4 is 23.0 Å². The second kappa shape index (κ2) is 7.16. The highest BCUT2D eigenvalue weighted by Gasteiger charge is 2.22. The molecule has 0 atom stereocenters. The molecule has 130 valence electrons. The molecule has 1 aliphatic heterocycles. The molecule has 0 spiro atoms. The fourth-order valence-electron chi connectivity index (χ4n) is 2.82. The van der Waals surface area contributed by atoms with Gasteiger partial charge in [0.15, 0.2) is 0 Å². The van der Waals surface area contributed by atoms with Gasteiger partial charge in [0.25, 0.3) is 5.69 Å². The number of carbonyl (C=O) groups excluding carboxylic acids is 1. The predicted octanol–water partition coefficient (Wildman–Crippen LogP) is 1.46. The minimum absolute atomic E-state index is 0.0240. The summed E-state index contributed by atoms with van der Waals surface area (Å²) < 4.78 is 0. The zero-order chi connectivity index (χ0) is 17.8. The van der Waals surface area contributed by atoms with E-state index in [-0.39, 0.29) is 18.0 Å². The van der Waals surface area contributed by atoms with Crippen molar-refractivity contribution in [3.63, 3.8) is 0 Å². The number of piperazine rings is 1. The summed E-state index contributed by atoms with van der Waals surface area (Å²) >= 11 is 0. The Balaban J connectivity index is 1.58. The zero-order valence-electron chi connectivity index (χ0n) is 13.7.